The molecule has 0 bridgehead atoms. The van der Waals surface area contributed by atoms with Crippen molar-refractivity contribution in [2.75, 3.05) is 45.8 Å². The van der Waals surface area contributed by atoms with Gasteiger partial charge in [-0.15, -0.1) is 0 Å². The Morgan fingerprint density at radius 1 is 0.846 bits per heavy atom. The lowest BCUT2D eigenvalue weighted by atomic mass is 10.1. The van der Waals surface area contributed by atoms with Gasteiger partial charge in [0.25, 0.3) is 0 Å². The molecule has 0 spiro atoms. The second kappa shape index (κ2) is 9.03. The number of piperazine rings is 1. The number of likely N-dealkylation sites (tertiary alicyclic amines) is 1. The number of hydrogen-bond donors (Lipinski definition) is 1. The predicted octanol–water partition coefficient (Wildman–Crippen LogP) is 1.48. The normalized spacial score (nSPS) is 18.8. The van der Waals surface area contributed by atoms with E-state index in [9.17, 15) is 14.7 Å². The fourth-order valence-corrected chi connectivity index (χ4v) is 3.71. The average molecular weight is 359 g/mol. The molecule has 2 aliphatic rings. The Morgan fingerprint density at radius 2 is 1.50 bits per heavy atom. The van der Waals surface area contributed by atoms with Crippen molar-refractivity contribution >= 4 is 11.8 Å². The van der Waals surface area contributed by atoms with E-state index >= 15 is 0 Å². The predicted molar refractivity (Wildman–Crippen MR) is 99.9 cm³/mol. The van der Waals surface area contributed by atoms with Gasteiger partial charge in [0.15, 0.2) is 0 Å². The number of benzene rings is 1. The summed E-state index contributed by atoms with van der Waals surface area (Å²) in [6, 6.07) is 7.16. The number of aryl methyl sites for hydroxylation is 1. The SMILES string of the molecule is O=C(CCc1ccccc1O)N1CCN(CC(=O)N2CCCCC2)CC1. The van der Waals surface area contributed by atoms with E-state index in [1.807, 2.05) is 21.9 Å². The molecule has 0 aromatic heterocycles. The first-order valence-corrected chi connectivity index (χ1v) is 9.68. The highest BCUT2D eigenvalue weighted by molar-refractivity contribution is 5.78. The van der Waals surface area contributed by atoms with Crippen molar-refractivity contribution in [1.29, 1.82) is 0 Å². The van der Waals surface area contributed by atoms with Crippen molar-refractivity contribution in [2.24, 2.45) is 0 Å². The van der Waals surface area contributed by atoms with Crippen LogP contribution in [0, 0.1) is 0 Å². The number of phenolic OH excluding ortho intramolecular Hbond substituents is 1. The minimum Gasteiger partial charge on any atom is -0.508 e. The Kier molecular flexibility index (Phi) is 6.50. The molecule has 2 heterocycles. The van der Waals surface area contributed by atoms with Crippen molar-refractivity contribution in [1.82, 2.24) is 14.7 Å². The third-order valence-corrected chi connectivity index (χ3v) is 5.39. The van der Waals surface area contributed by atoms with E-state index in [0.29, 0.717) is 32.5 Å². The molecule has 0 atom stereocenters. The summed E-state index contributed by atoms with van der Waals surface area (Å²) in [7, 11) is 0. The molecule has 2 amide bonds. The first-order valence-electron chi connectivity index (χ1n) is 9.68. The summed E-state index contributed by atoms with van der Waals surface area (Å²) < 4.78 is 0. The van der Waals surface area contributed by atoms with Gasteiger partial charge in [-0.1, -0.05) is 18.2 Å². The zero-order valence-electron chi connectivity index (χ0n) is 15.4. The molecule has 1 N–H and O–H groups in total. The first-order chi connectivity index (χ1) is 12.6. The van der Waals surface area contributed by atoms with E-state index in [1.165, 1.54) is 6.42 Å². The summed E-state index contributed by atoms with van der Waals surface area (Å²) in [4.78, 5) is 30.8. The van der Waals surface area contributed by atoms with Crippen molar-refractivity contribution in [2.45, 2.75) is 32.1 Å². The van der Waals surface area contributed by atoms with Crippen molar-refractivity contribution in [3.05, 3.63) is 29.8 Å². The van der Waals surface area contributed by atoms with E-state index < -0.39 is 0 Å². The fourth-order valence-electron chi connectivity index (χ4n) is 3.71. The lowest BCUT2D eigenvalue weighted by Crippen LogP contribution is -2.52. The smallest absolute Gasteiger partial charge is 0.236 e. The minimum absolute atomic E-state index is 0.121. The Balaban J connectivity index is 1.39. The molecule has 0 aliphatic carbocycles. The van der Waals surface area contributed by atoms with Crippen LogP contribution in [-0.2, 0) is 16.0 Å². The van der Waals surface area contributed by atoms with Gasteiger partial charge in [0, 0.05) is 45.7 Å². The summed E-state index contributed by atoms with van der Waals surface area (Å²) in [5.74, 6) is 0.598. The van der Waals surface area contributed by atoms with Gasteiger partial charge in [0.05, 0.1) is 6.54 Å². The van der Waals surface area contributed by atoms with Crippen molar-refractivity contribution < 1.29 is 14.7 Å². The Morgan fingerprint density at radius 3 is 2.19 bits per heavy atom. The Labute approximate surface area is 155 Å². The van der Waals surface area contributed by atoms with E-state index in [1.54, 1.807) is 12.1 Å². The van der Waals surface area contributed by atoms with Crippen LogP contribution in [0.3, 0.4) is 0 Å². The minimum atomic E-state index is 0.121. The second-order valence-electron chi connectivity index (χ2n) is 7.23. The molecule has 1 aromatic carbocycles. The molecule has 2 saturated heterocycles. The monoisotopic (exact) mass is 359 g/mol. The molecular weight excluding hydrogens is 330 g/mol. The van der Waals surface area contributed by atoms with E-state index in [2.05, 4.69) is 4.90 Å². The van der Waals surface area contributed by atoms with Gasteiger partial charge in [-0.25, -0.2) is 0 Å². The zero-order valence-corrected chi connectivity index (χ0v) is 15.4. The number of rotatable bonds is 5. The number of piperidine rings is 1. The highest BCUT2D eigenvalue weighted by Gasteiger charge is 2.24. The van der Waals surface area contributed by atoms with Gasteiger partial charge < -0.3 is 14.9 Å². The number of para-hydroxylation sites is 1. The number of hydrogen-bond acceptors (Lipinski definition) is 4. The fraction of sp³-hybridized carbons (Fsp3) is 0.600. The number of aromatic hydroxyl groups is 1. The quantitative estimate of drug-likeness (QED) is 0.865. The van der Waals surface area contributed by atoms with Crippen LogP contribution in [-0.4, -0.2) is 77.4 Å². The molecule has 0 saturated carbocycles. The lowest BCUT2D eigenvalue weighted by Gasteiger charge is -2.36. The number of carbonyl (C=O) groups excluding carboxylic acids is 2. The van der Waals surface area contributed by atoms with E-state index in [0.717, 1.165) is 44.6 Å². The van der Waals surface area contributed by atoms with Gasteiger partial charge >= 0.3 is 0 Å². The molecule has 142 valence electrons. The van der Waals surface area contributed by atoms with Crippen LogP contribution >= 0.6 is 0 Å². The molecule has 6 nitrogen and oxygen atoms in total. The summed E-state index contributed by atoms with van der Waals surface area (Å²) in [5.41, 5.74) is 0.812. The molecule has 2 fully saturated rings. The molecular formula is C20H29N3O3. The molecule has 2 aliphatic heterocycles. The zero-order chi connectivity index (χ0) is 18.4. The third kappa shape index (κ3) is 4.97. The van der Waals surface area contributed by atoms with Crippen LogP contribution < -0.4 is 0 Å². The van der Waals surface area contributed by atoms with Gasteiger partial charge in [0.1, 0.15) is 5.75 Å². The molecule has 6 heteroatoms. The molecule has 0 radical (unpaired) electrons. The highest BCUT2D eigenvalue weighted by atomic mass is 16.3. The van der Waals surface area contributed by atoms with Gasteiger partial charge in [0.2, 0.25) is 11.8 Å². The summed E-state index contributed by atoms with van der Waals surface area (Å²) in [6.07, 6.45) is 4.42. The van der Waals surface area contributed by atoms with Crippen LogP contribution in [0.1, 0.15) is 31.2 Å². The number of carbonyl (C=O) groups is 2. The largest absolute Gasteiger partial charge is 0.508 e. The molecule has 1 aromatic rings. The average Bonchev–Trinajstić information content (AvgIpc) is 2.68. The topological polar surface area (TPSA) is 64.1 Å². The highest BCUT2D eigenvalue weighted by Crippen LogP contribution is 2.18. The number of phenols is 1. The molecule has 3 rings (SSSR count). The third-order valence-electron chi connectivity index (χ3n) is 5.39. The van der Waals surface area contributed by atoms with Crippen LogP contribution in [0.2, 0.25) is 0 Å². The number of nitrogens with zero attached hydrogens (tertiary/aromatic N) is 3. The number of amides is 2. The first kappa shape index (κ1) is 18.7. The second-order valence-corrected chi connectivity index (χ2v) is 7.23. The van der Waals surface area contributed by atoms with Gasteiger partial charge in [-0.05, 0) is 37.3 Å². The van der Waals surface area contributed by atoms with E-state index in [4.69, 9.17) is 0 Å². The summed E-state index contributed by atoms with van der Waals surface area (Å²) in [5, 5.41) is 9.79. The van der Waals surface area contributed by atoms with Gasteiger partial charge in [-0.2, -0.15) is 0 Å². The lowest BCUT2D eigenvalue weighted by molar-refractivity contribution is -0.135. The van der Waals surface area contributed by atoms with Crippen molar-refractivity contribution in [3.8, 4) is 5.75 Å². The van der Waals surface area contributed by atoms with Gasteiger partial charge in [-0.3, -0.25) is 14.5 Å². The Bertz CT molecular complexity index is 620. The standard InChI is InChI=1S/C20H29N3O3/c24-18-7-3-2-6-17(18)8-9-19(25)23-14-12-21(13-15-23)16-20(26)22-10-4-1-5-11-22/h2-3,6-7,24H,1,4-5,8-16H2. The maximum atomic E-state index is 12.4. The summed E-state index contributed by atoms with van der Waals surface area (Å²) >= 11 is 0. The Hall–Kier alpha value is -2.08. The maximum absolute atomic E-state index is 12.4. The van der Waals surface area contributed by atoms with Crippen molar-refractivity contribution in [3.63, 3.8) is 0 Å². The summed E-state index contributed by atoms with van der Waals surface area (Å²) in [6.45, 7) is 5.11. The van der Waals surface area contributed by atoms with Crippen LogP contribution in [0.5, 0.6) is 5.75 Å². The van der Waals surface area contributed by atoms with E-state index in [-0.39, 0.29) is 17.6 Å². The van der Waals surface area contributed by atoms with Crippen LogP contribution in [0.15, 0.2) is 24.3 Å². The van der Waals surface area contributed by atoms with Crippen LogP contribution in [0.25, 0.3) is 0 Å². The molecule has 0 unspecified atom stereocenters. The molecule has 26 heavy (non-hydrogen) atoms. The maximum Gasteiger partial charge on any atom is 0.236 e. The van der Waals surface area contributed by atoms with Crippen LogP contribution in [0.4, 0.5) is 0 Å².